The van der Waals surface area contributed by atoms with Crippen LogP contribution in [0.15, 0.2) is 65.2 Å². The fraction of sp³-hybridized carbons (Fsp3) is 0.259. The van der Waals surface area contributed by atoms with Crippen molar-refractivity contribution in [3.63, 3.8) is 0 Å². The molecular weight excluding hydrogens is 441 g/mol. The van der Waals surface area contributed by atoms with Gasteiger partial charge in [-0.3, -0.25) is 0 Å². The molecule has 0 spiro atoms. The molecule has 4 heteroatoms. The Labute approximate surface area is 185 Å². The maximum absolute atomic E-state index is 6.37. The summed E-state index contributed by atoms with van der Waals surface area (Å²) in [6.07, 6.45) is 1.88. The summed E-state index contributed by atoms with van der Waals surface area (Å²) in [5.41, 5.74) is 4.84. The van der Waals surface area contributed by atoms with E-state index in [2.05, 4.69) is 86.6 Å². The van der Waals surface area contributed by atoms with Crippen molar-refractivity contribution in [2.75, 3.05) is 0 Å². The van der Waals surface area contributed by atoms with Gasteiger partial charge in [-0.15, -0.1) is 0 Å². The fourth-order valence-electron chi connectivity index (χ4n) is 4.27. The molecule has 3 heterocycles. The van der Waals surface area contributed by atoms with Crippen molar-refractivity contribution >= 4 is 50.6 Å². The van der Waals surface area contributed by atoms with Crippen molar-refractivity contribution in [3.8, 4) is 11.3 Å². The molecule has 0 aliphatic carbocycles. The summed E-state index contributed by atoms with van der Waals surface area (Å²) in [5, 5.41) is 4.65. The van der Waals surface area contributed by atoms with Crippen LogP contribution in [0.3, 0.4) is 0 Å². The summed E-state index contributed by atoms with van der Waals surface area (Å²) in [5.74, 6) is 7.06. The molecule has 0 amide bonds. The van der Waals surface area contributed by atoms with Crippen molar-refractivity contribution in [3.05, 3.63) is 66.4 Å². The van der Waals surface area contributed by atoms with E-state index in [1.165, 1.54) is 20.9 Å². The van der Waals surface area contributed by atoms with E-state index >= 15 is 0 Å². The summed E-state index contributed by atoms with van der Waals surface area (Å²) in [6, 6.07) is 19.5. The third kappa shape index (κ3) is 3.45. The van der Waals surface area contributed by atoms with Gasteiger partial charge in [0.25, 0.3) is 0 Å². The van der Waals surface area contributed by atoms with Gasteiger partial charge in [0, 0.05) is 0 Å². The third-order valence-corrected chi connectivity index (χ3v) is 9.77. The number of pyridine rings is 2. The molecule has 0 aliphatic heterocycles. The zero-order valence-corrected chi connectivity index (χ0v) is 21.2. The van der Waals surface area contributed by atoms with Crippen LogP contribution in [0.4, 0.5) is 0 Å². The first-order valence-electron chi connectivity index (χ1n) is 10.9. The molecule has 156 valence electrons. The van der Waals surface area contributed by atoms with Gasteiger partial charge in [-0.25, -0.2) is 0 Å². The van der Waals surface area contributed by atoms with Crippen molar-refractivity contribution in [1.82, 2.24) is 9.97 Å². The van der Waals surface area contributed by atoms with Crippen LogP contribution in [0.5, 0.6) is 0 Å². The molecule has 0 radical (unpaired) electrons. The molecule has 0 saturated heterocycles. The van der Waals surface area contributed by atoms with Crippen LogP contribution in [0.1, 0.15) is 26.3 Å². The average Bonchev–Trinajstić information content (AvgIpc) is 3.09. The fourth-order valence-corrected chi connectivity index (χ4v) is 6.42. The number of hydrogen-bond donors (Lipinski definition) is 0. The van der Waals surface area contributed by atoms with Crippen LogP contribution in [-0.2, 0) is 5.41 Å². The molecule has 0 N–H and O–H groups in total. The molecule has 2 aromatic carbocycles. The molecule has 3 nitrogen and oxygen atoms in total. The number of hydrogen-bond acceptors (Lipinski definition) is 3. The van der Waals surface area contributed by atoms with E-state index in [0.29, 0.717) is 0 Å². The van der Waals surface area contributed by atoms with E-state index in [9.17, 15) is 0 Å². The van der Waals surface area contributed by atoms with Crippen molar-refractivity contribution < 1.29 is 4.42 Å². The summed E-state index contributed by atoms with van der Waals surface area (Å²) < 4.78 is 7.58. The number of fused-ring (bicyclic) bond motifs is 4. The predicted molar refractivity (Wildman–Crippen MR) is 134 cm³/mol. The van der Waals surface area contributed by atoms with Gasteiger partial charge in [0.1, 0.15) is 0 Å². The summed E-state index contributed by atoms with van der Waals surface area (Å²) in [6.45, 7) is 6.78. The molecule has 0 aliphatic rings. The van der Waals surface area contributed by atoms with Gasteiger partial charge in [-0.2, -0.15) is 0 Å². The van der Waals surface area contributed by atoms with Crippen molar-refractivity contribution in [2.45, 2.75) is 43.5 Å². The molecule has 0 fully saturated rings. The molecule has 0 saturated carbocycles. The van der Waals surface area contributed by atoms with Gasteiger partial charge in [-0.1, -0.05) is 0 Å². The molecule has 0 bridgehead atoms. The Morgan fingerprint density at radius 1 is 0.839 bits per heavy atom. The Morgan fingerprint density at radius 2 is 1.61 bits per heavy atom. The number of benzene rings is 2. The number of furan rings is 1. The molecule has 5 aromatic rings. The van der Waals surface area contributed by atoms with Crippen LogP contribution in [0.2, 0.25) is 17.3 Å². The monoisotopic (exact) mass is 470 g/mol. The molecular formula is C27H28GeN2O. The second-order valence-corrected chi connectivity index (χ2v) is 20.9. The van der Waals surface area contributed by atoms with Gasteiger partial charge in [0.05, 0.1) is 0 Å². The second-order valence-electron chi connectivity index (χ2n) is 10.4. The molecule has 3 aromatic heterocycles. The van der Waals surface area contributed by atoms with E-state index in [1.807, 2.05) is 12.3 Å². The van der Waals surface area contributed by atoms with E-state index in [1.54, 1.807) is 0 Å². The first-order chi connectivity index (χ1) is 14.6. The zero-order valence-electron chi connectivity index (χ0n) is 19.1. The first kappa shape index (κ1) is 20.3. The van der Waals surface area contributed by atoms with Gasteiger partial charge < -0.3 is 0 Å². The van der Waals surface area contributed by atoms with Gasteiger partial charge >= 0.3 is 186 Å². The number of rotatable bonds is 2. The third-order valence-electron chi connectivity index (χ3n) is 5.97. The van der Waals surface area contributed by atoms with E-state index in [0.717, 1.165) is 33.3 Å². The molecule has 0 atom stereocenters. The summed E-state index contributed by atoms with van der Waals surface area (Å²) >= 11 is -2.04. The molecule has 0 unspecified atom stereocenters. The Kier molecular flexibility index (Phi) is 4.53. The van der Waals surface area contributed by atoms with E-state index in [4.69, 9.17) is 14.4 Å². The number of nitrogens with zero attached hydrogens (tertiary/aromatic N) is 2. The predicted octanol–water partition coefficient (Wildman–Crippen LogP) is 7.04. The minimum atomic E-state index is -2.04. The van der Waals surface area contributed by atoms with E-state index < -0.39 is 13.3 Å². The summed E-state index contributed by atoms with van der Waals surface area (Å²) in [7, 11) is 0. The molecule has 31 heavy (non-hydrogen) atoms. The van der Waals surface area contributed by atoms with Crippen molar-refractivity contribution in [1.29, 1.82) is 0 Å². The quantitative estimate of drug-likeness (QED) is 0.261. The topological polar surface area (TPSA) is 38.9 Å². The SMILES string of the molecule is CC(C)(C)c1cc(-c2nccc3c2oc2n[c]([Ge]([CH3])([CH3])[CH3])ccc23)cc2ccccc12. The molecule has 5 rings (SSSR count). The van der Waals surface area contributed by atoms with Crippen LogP contribution in [-0.4, -0.2) is 23.2 Å². The van der Waals surface area contributed by atoms with Gasteiger partial charge in [0.15, 0.2) is 0 Å². The Morgan fingerprint density at radius 3 is 2.35 bits per heavy atom. The average molecular weight is 469 g/mol. The standard InChI is InChI=1S/C27H28GeN2O/c1-27(2,3)22-16-18(15-17-9-7-8-10-19(17)22)24-25-20(13-14-29-24)21-11-12-23(28(4,5)6)30-26(21)31-25/h7-16H,1-6H3. The van der Waals surface area contributed by atoms with Gasteiger partial charge in [-0.05, 0) is 0 Å². The van der Waals surface area contributed by atoms with Gasteiger partial charge in [0.2, 0.25) is 0 Å². The Balaban J connectivity index is 1.80. The van der Waals surface area contributed by atoms with Crippen LogP contribution < -0.4 is 4.53 Å². The minimum absolute atomic E-state index is 0.0206. The Hall–Kier alpha value is -2.66. The van der Waals surface area contributed by atoms with Crippen LogP contribution in [0, 0.1) is 0 Å². The maximum atomic E-state index is 6.37. The summed E-state index contributed by atoms with van der Waals surface area (Å²) in [4.78, 5) is 9.68. The zero-order chi connectivity index (χ0) is 22.0. The second kappa shape index (κ2) is 6.93. The number of aromatic nitrogens is 2. The normalized spacial score (nSPS) is 12.8. The Bertz CT molecular complexity index is 1450. The van der Waals surface area contributed by atoms with E-state index in [-0.39, 0.29) is 5.41 Å². The van der Waals surface area contributed by atoms with Crippen molar-refractivity contribution in [2.24, 2.45) is 0 Å². The van der Waals surface area contributed by atoms with Crippen LogP contribution in [0.25, 0.3) is 44.1 Å². The van der Waals surface area contributed by atoms with Crippen LogP contribution >= 0.6 is 0 Å². The first-order valence-corrected chi connectivity index (χ1v) is 18.2.